The maximum atomic E-state index is 5.89. The molecule has 0 aliphatic rings. The molecule has 16 heavy (non-hydrogen) atoms. The fraction of sp³-hybridized carbons (Fsp3) is 0. The number of nitrogen functional groups attached to an aromatic ring is 4. The van der Waals surface area contributed by atoms with Gasteiger partial charge in [-0.05, 0) is 29.8 Å². The van der Waals surface area contributed by atoms with Crippen LogP contribution in [-0.4, -0.2) is 0 Å². The highest BCUT2D eigenvalue weighted by atomic mass is 14.7. The topological polar surface area (TPSA) is 104 Å². The average molecular weight is 214 g/mol. The molecular formula is C12H14N4. The molecular weight excluding hydrogens is 200 g/mol. The third kappa shape index (κ3) is 1.72. The fourth-order valence-electron chi connectivity index (χ4n) is 1.56. The summed E-state index contributed by atoms with van der Waals surface area (Å²) in [6.45, 7) is 0. The smallest absolute Gasteiger partial charge is 0.0568 e. The molecule has 0 bridgehead atoms. The second-order valence-corrected chi connectivity index (χ2v) is 3.69. The zero-order chi connectivity index (χ0) is 11.7. The molecule has 2 rings (SSSR count). The summed E-state index contributed by atoms with van der Waals surface area (Å²) in [5.41, 5.74) is 27.1. The lowest BCUT2D eigenvalue weighted by molar-refractivity contribution is 1.59. The van der Waals surface area contributed by atoms with E-state index in [-0.39, 0.29) is 0 Å². The van der Waals surface area contributed by atoms with Crippen molar-refractivity contribution in [3.63, 3.8) is 0 Å². The van der Waals surface area contributed by atoms with Gasteiger partial charge in [0, 0.05) is 16.9 Å². The first-order valence-electron chi connectivity index (χ1n) is 4.88. The van der Waals surface area contributed by atoms with Crippen molar-refractivity contribution >= 4 is 22.7 Å². The van der Waals surface area contributed by atoms with Crippen LogP contribution in [0, 0.1) is 0 Å². The Bertz CT molecular complexity index is 517. The molecule has 0 amide bonds. The molecule has 0 saturated carbocycles. The van der Waals surface area contributed by atoms with Crippen molar-refractivity contribution in [1.82, 2.24) is 0 Å². The number of rotatable bonds is 1. The number of hydrogen-bond acceptors (Lipinski definition) is 4. The van der Waals surface area contributed by atoms with Gasteiger partial charge in [-0.15, -0.1) is 0 Å². The van der Waals surface area contributed by atoms with Gasteiger partial charge >= 0.3 is 0 Å². The van der Waals surface area contributed by atoms with E-state index in [1.165, 1.54) is 0 Å². The Morgan fingerprint density at radius 1 is 0.625 bits per heavy atom. The Morgan fingerprint density at radius 2 is 1.19 bits per heavy atom. The molecule has 0 aromatic heterocycles. The molecule has 4 heteroatoms. The first-order chi connectivity index (χ1) is 7.58. The monoisotopic (exact) mass is 214 g/mol. The van der Waals surface area contributed by atoms with E-state index < -0.39 is 0 Å². The number of benzene rings is 2. The number of anilines is 4. The van der Waals surface area contributed by atoms with E-state index in [1.807, 2.05) is 24.3 Å². The van der Waals surface area contributed by atoms with Crippen LogP contribution >= 0.6 is 0 Å². The lowest BCUT2D eigenvalue weighted by atomic mass is 10.0. The van der Waals surface area contributed by atoms with Gasteiger partial charge in [0.25, 0.3) is 0 Å². The lowest BCUT2D eigenvalue weighted by Gasteiger charge is -2.09. The van der Waals surface area contributed by atoms with Gasteiger partial charge in [0.15, 0.2) is 0 Å². The van der Waals surface area contributed by atoms with E-state index >= 15 is 0 Å². The van der Waals surface area contributed by atoms with Gasteiger partial charge in [-0.2, -0.15) is 0 Å². The van der Waals surface area contributed by atoms with Crippen molar-refractivity contribution < 1.29 is 0 Å². The summed E-state index contributed by atoms with van der Waals surface area (Å²) in [6, 6.07) is 10.9. The molecule has 4 nitrogen and oxygen atoms in total. The summed E-state index contributed by atoms with van der Waals surface area (Å²) in [7, 11) is 0. The summed E-state index contributed by atoms with van der Waals surface area (Å²) in [6.07, 6.45) is 0. The summed E-state index contributed by atoms with van der Waals surface area (Å²) >= 11 is 0. The van der Waals surface area contributed by atoms with Crippen molar-refractivity contribution in [2.75, 3.05) is 22.9 Å². The summed E-state index contributed by atoms with van der Waals surface area (Å²) < 4.78 is 0. The minimum atomic E-state index is 0.497. The third-order valence-corrected chi connectivity index (χ3v) is 2.48. The molecule has 82 valence electrons. The minimum Gasteiger partial charge on any atom is -0.399 e. The van der Waals surface area contributed by atoms with Crippen LogP contribution in [0.15, 0.2) is 36.4 Å². The van der Waals surface area contributed by atoms with Crippen LogP contribution in [0.5, 0.6) is 0 Å². The molecule has 2 aromatic carbocycles. The predicted molar refractivity (Wildman–Crippen MR) is 69.5 cm³/mol. The van der Waals surface area contributed by atoms with Crippen molar-refractivity contribution in [1.29, 1.82) is 0 Å². The van der Waals surface area contributed by atoms with Crippen LogP contribution < -0.4 is 22.9 Å². The molecule has 0 atom stereocenters. The zero-order valence-electron chi connectivity index (χ0n) is 8.77. The first-order valence-corrected chi connectivity index (χ1v) is 4.88. The van der Waals surface area contributed by atoms with Gasteiger partial charge < -0.3 is 22.9 Å². The molecule has 0 fully saturated rings. The lowest BCUT2D eigenvalue weighted by Crippen LogP contribution is -1.98. The molecule has 0 radical (unpaired) electrons. The van der Waals surface area contributed by atoms with Crippen LogP contribution in [0.1, 0.15) is 0 Å². The quantitative estimate of drug-likeness (QED) is 0.542. The molecule has 8 N–H and O–H groups in total. The SMILES string of the molecule is Nc1ccc(-c2cc(N)c(N)cc2N)cc1. The fourth-order valence-corrected chi connectivity index (χ4v) is 1.56. The predicted octanol–water partition coefficient (Wildman–Crippen LogP) is 1.68. The van der Waals surface area contributed by atoms with E-state index in [4.69, 9.17) is 22.9 Å². The van der Waals surface area contributed by atoms with Gasteiger partial charge in [-0.3, -0.25) is 0 Å². The van der Waals surface area contributed by atoms with Crippen molar-refractivity contribution in [2.24, 2.45) is 0 Å². The van der Waals surface area contributed by atoms with E-state index in [1.54, 1.807) is 12.1 Å². The zero-order valence-corrected chi connectivity index (χ0v) is 8.77. The van der Waals surface area contributed by atoms with Crippen molar-refractivity contribution in [3.8, 4) is 11.1 Å². The van der Waals surface area contributed by atoms with Gasteiger partial charge in [0.1, 0.15) is 0 Å². The third-order valence-electron chi connectivity index (χ3n) is 2.48. The molecule has 0 unspecified atom stereocenters. The maximum absolute atomic E-state index is 5.89. The standard InChI is InChI=1S/C12H14N4/c13-8-3-1-7(2-4-8)9-5-11(15)12(16)6-10(9)14/h1-6H,13-16H2. The number of nitrogens with two attached hydrogens (primary N) is 4. The van der Waals surface area contributed by atoms with Gasteiger partial charge in [-0.25, -0.2) is 0 Å². The van der Waals surface area contributed by atoms with Crippen LogP contribution in [0.25, 0.3) is 11.1 Å². The second kappa shape index (κ2) is 3.66. The molecule has 0 aliphatic carbocycles. The summed E-state index contributed by atoms with van der Waals surface area (Å²) in [4.78, 5) is 0. The van der Waals surface area contributed by atoms with Gasteiger partial charge in [-0.1, -0.05) is 12.1 Å². The Labute approximate surface area is 93.8 Å². The first kappa shape index (κ1) is 10.2. The van der Waals surface area contributed by atoms with Crippen molar-refractivity contribution in [2.45, 2.75) is 0 Å². The molecule has 2 aromatic rings. The molecule has 0 heterocycles. The van der Waals surface area contributed by atoms with E-state index in [2.05, 4.69) is 0 Å². The Balaban J connectivity index is 2.56. The highest BCUT2D eigenvalue weighted by Crippen LogP contribution is 2.31. The molecule has 0 saturated heterocycles. The summed E-state index contributed by atoms with van der Waals surface area (Å²) in [5, 5.41) is 0. The summed E-state index contributed by atoms with van der Waals surface area (Å²) in [5.74, 6) is 0. The maximum Gasteiger partial charge on any atom is 0.0568 e. The highest BCUT2D eigenvalue weighted by molar-refractivity contribution is 5.85. The molecule has 0 aliphatic heterocycles. The van der Waals surface area contributed by atoms with E-state index in [9.17, 15) is 0 Å². The van der Waals surface area contributed by atoms with E-state index in [0.717, 1.165) is 11.1 Å². The van der Waals surface area contributed by atoms with Gasteiger partial charge in [0.2, 0.25) is 0 Å². The van der Waals surface area contributed by atoms with Crippen LogP contribution in [-0.2, 0) is 0 Å². The largest absolute Gasteiger partial charge is 0.399 e. The van der Waals surface area contributed by atoms with Crippen LogP contribution in [0.4, 0.5) is 22.7 Å². The molecule has 0 spiro atoms. The average Bonchev–Trinajstić information content (AvgIpc) is 2.25. The van der Waals surface area contributed by atoms with Gasteiger partial charge in [0.05, 0.1) is 11.4 Å². The normalized spacial score (nSPS) is 10.2. The number of hydrogen-bond donors (Lipinski definition) is 4. The van der Waals surface area contributed by atoms with Crippen LogP contribution in [0.3, 0.4) is 0 Å². The van der Waals surface area contributed by atoms with Crippen LogP contribution in [0.2, 0.25) is 0 Å². The minimum absolute atomic E-state index is 0.497. The Hall–Kier alpha value is -2.36. The Morgan fingerprint density at radius 3 is 1.81 bits per heavy atom. The highest BCUT2D eigenvalue weighted by Gasteiger charge is 2.05. The van der Waals surface area contributed by atoms with E-state index in [0.29, 0.717) is 22.7 Å². The Kier molecular flexibility index (Phi) is 2.32. The second-order valence-electron chi connectivity index (χ2n) is 3.69. The van der Waals surface area contributed by atoms with Crippen molar-refractivity contribution in [3.05, 3.63) is 36.4 Å².